The maximum absolute atomic E-state index is 14.7. The Hall–Kier alpha value is -3.47. The fourth-order valence-electron chi connectivity index (χ4n) is 4.95. The average Bonchev–Trinajstić information content (AvgIpc) is 2.92. The largest absolute Gasteiger partial charge is 0.352 e. The van der Waals surface area contributed by atoms with Crippen molar-refractivity contribution in [3.8, 4) is 0 Å². The average molecular weight is 487 g/mol. The van der Waals surface area contributed by atoms with Gasteiger partial charge >= 0.3 is 0 Å². The Kier molecular flexibility index (Phi) is 9.26. The van der Waals surface area contributed by atoms with Crippen LogP contribution < -0.4 is 5.32 Å². The molecule has 1 saturated carbocycles. The van der Waals surface area contributed by atoms with E-state index < -0.39 is 6.04 Å². The molecule has 36 heavy (non-hydrogen) atoms. The monoisotopic (exact) mass is 486 g/mol. The summed E-state index contributed by atoms with van der Waals surface area (Å²) < 4.78 is 14.7. The number of nitrogens with zero attached hydrogens (tertiary/aromatic N) is 1. The molecule has 4 rings (SSSR count). The Morgan fingerprint density at radius 1 is 0.833 bits per heavy atom. The summed E-state index contributed by atoms with van der Waals surface area (Å²) in [5.41, 5.74) is 2.44. The first-order valence-corrected chi connectivity index (χ1v) is 13.0. The first-order valence-electron chi connectivity index (χ1n) is 13.0. The van der Waals surface area contributed by atoms with Crippen LogP contribution in [0.4, 0.5) is 4.39 Å². The lowest BCUT2D eigenvalue weighted by atomic mass is 9.94. The van der Waals surface area contributed by atoms with Crippen LogP contribution in [0.25, 0.3) is 0 Å². The minimum Gasteiger partial charge on any atom is -0.352 e. The minimum absolute atomic E-state index is 0.0515. The summed E-state index contributed by atoms with van der Waals surface area (Å²) in [6.07, 6.45) is 6.50. The summed E-state index contributed by atoms with van der Waals surface area (Å²) in [5.74, 6) is -0.679. The smallest absolute Gasteiger partial charge is 0.243 e. The van der Waals surface area contributed by atoms with Gasteiger partial charge in [-0.2, -0.15) is 0 Å². The molecule has 1 aliphatic carbocycles. The van der Waals surface area contributed by atoms with E-state index in [1.54, 1.807) is 23.1 Å². The SMILES string of the molecule is O=C(NC1CCCCC1)C(Cc1ccccc1)N(Cc1ccccc1F)C(=O)CCc1ccccc1. The third-order valence-corrected chi connectivity index (χ3v) is 6.99. The van der Waals surface area contributed by atoms with E-state index in [-0.39, 0.29) is 36.6 Å². The second-order valence-electron chi connectivity index (χ2n) is 9.65. The number of hydrogen-bond donors (Lipinski definition) is 1. The summed E-state index contributed by atoms with van der Waals surface area (Å²) >= 11 is 0. The van der Waals surface area contributed by atoms with Crippen molar-refractivity contribution in [3.63, 3.8) is 0 Å². The van der Waals surface area contributed by atoms with Crippen LogP contribution in [-0.2, 0) is 29.0 Å². The van der Waals surface area contributed by atoms with Crippen LogP contribution in [0.15, 0.2) is 84.9 Å². The van der Waals surface area contributed by atoms with Crippen molar-refractivity contribution in [1.82, 2.24) is 10.2 Å². The maximum atomic E-state index is 14.7. The molecule has 1 aliphatic rings. The number of amides is 2. The number of carbonyl (C=O) groups is 2. The van der Waals surface area contributed by atoms with E-state index >= 15 is 0 Å². The molecule has 0 bridgehead atoms. The lowest BCUT2D eigenvalue weighted by Crippen LogP contribution is -2.53. The van der Waals surface area contributed by atoms with Gasteiger partial charge in [0, 0.05) is 31.0 Å². The van der Waals surface area contributed by atoms with Gasteiger partial charge in [0.1, 0.15) is 11.9 Å². The molecule has 1 atom stereocenters. The zero-order chi connectivity index (χ0) is 25.2. The van der Waals surface area contributed by atoms with Crippen molar-refractivity contribution in [1.29, 1.82) is 0 Å². The zero-order valence-corrected chi connectivity index (χ0v) is 20.7. The van der Waals surface area contributed by atoms with Crippen molar-refractivity contribution >= 4 is 11.8 Å². The highest BCUT2D eigenvalue weighted by atomic mass is 19.1. The van der Waals surface area contributed by atoms with E-state index in [1.807, 2.05) is 60.7 Å². The molecule has 3 aromatic rings. The molecule has 4 nitrogen and oxygen atoms in total. The Morgan fingerprint density at radius 2 is 1.44 bits per heavy atom. The summed E-state index contributed by atoms with van der Waals surface area (Å²) in [6, 6.07) is 25.5. The summed E-state index contributed by atoms with van der Waals surface area (Å²) in [5, 5.41) is 3.22. The number of rotatable bonds is 10. The zero-order valence-electron chi connectivity index (χ0n) is 20.7. The number of benzene rings is 3. The van der Waals surface area contributed by atoms with Crippen LogP contribution in [0.1, 0.15) is 55.2 Å². The molecule has 0 radical (unpaired) electrons. The number of aryl methyl sites for hydroxylation is 1. The van der Waals surface area contributed by atoms with Gasteiger partial charge in [-0.25, -0.2) is 4.39 Å². The Bertz CT molecular complexity index is 1110. The van der Waals surface area contributed by atoms with Crippen LogP contribution >= 0.6 is 0 Å². The Labute approximate surface area is 213 Å². The van der Waals surface area contributed by atoms with Gasteiger partial charge in [-0.3, -0.25) is 9.59 Å². The van der Waals surface area contributed by atoms with Crippen LogP contribution in [0.5, 0.6) is 0 Å². The van der Waals surface area contributed by atoms with Gasteiger partial charge in [-0.1, -0.05) is 98.1 Å². The van der Waals surface area contributed by atoms with Crippen molar-refractivity contribution in [2.45, 2.75) is 70.0 Å². The molecule has 1 fully saturated rings. The van der Waals surface area contributed by atoms with E-state index in [4.69, 9.17) is 0 Å². The fourth-order valence-corrected chi connectivity index (χ4v) is 4.95. The van der Waals surface area contributed by atoms with Crippen LogP contribution in [0.3, 0.4) is 0 Å². The molecule has 0 aromatic heterocycles. The maximum Gasteiger partial charge on any atom is 0.243 e. The van der Waals surface area contributed by atoms with Gasteiger partial charge in [0.05, 0.1) is 0 Å². The topological polar surface area (TPSA) is 49.4 Å². The van der Waals surface area contributed by atoms with Crippen molar-refractivity contribution in [3.05, 3.63) is 107 Å². The van der Waals surface area contributed by atoms with Gasteiger partial charge in [-0.05, 0) is 36.5 Å². The second-order valence-corrected chi connectivity index (χ2v) is 9.65. The van der Waals surface area contributed by atoms with Crippen molar-refractivity contribution < 1.29 is 14.0 Å². The van der Waals surface area contributed by atoms with Crippen molar-refractivity contribution in [2.75, 3.05) is 0 Å². The third-order valence-electron chi connectivity index (χ3n) is 6.99. The lowest BCUT2D eigenvalue weighted by molar-refractivity contribution is -0.141. The van der Waals surface area contributed by atoms with Crippen molar-refractivity contribution in [2.24, 2.45) is 0 Å². The first-order chi connectivity index (χ1) is 17.6. The van der Waals surface area contributed by atoms with Gasteiger partial charge in [0.25, 0.3) is 0 Å². The Morgan fingerprint density at radius 3 is 2.11 bits per heavy atom. The van der Waals surface area contributed by atoms with Crippen LogP contribution in [-0.4, -0.2) is 28.8 Å². The molecule has 1 unspecified atom stereocenters. The molecule has 3 aromatic carbocycles. The van der Waals surface area contributed by atoms with E-state index in [0.29, 0.717) is 18.4 Å². The minimum atomic E-state index is -0.725. The molecular formula is C31H35FN2O2. The fraction of sp³-hybridized carbons (Fsp3) is 0.355. The van der Waals surface area contributed by atoms with Gasteiger partial charge in [-0.15, -0.1) is 0 Å². The molecule has 5 heteroatoms. The predicted octanol–water partition coefficient (Wildman–Crippen LogP) is 5.85. The second kappa shape index (κ2) is 13.0. The molecule has 188 valence electrons. The highest BCUT2D eigenvalue weighted by Gasteiger charge is 2.32. The van der Waals surface area contributed by atoms with Crippen LogP contribution in [0, 0.1) is 5.82 Å². The molecule has 2 amide bonds. The molecule has 0 aliphatic heterocycles. The molecule has 0 saturated heterocycles. The normalized spacial score (nSPS) is 14.7. The van der Waals surface area contributed by atoms with E-state index in [1.165, 1.54) is 12.5 Å². The van der Waals surface area contributed by atoms with E-state index in [9.17, 15) is 14.0 Å². The highest BCUT2D eigenvalue weighted by molar-refractivity contribution is 5.88. The molecule has 0 spiro atoms. The summed E-state index contributed by atoms with van der Waals surface area (Å²) in [7, 11) is 0. The third kappa shape index (κ3) is 7.27. The quantitative estimate of drug-likeness (QED) is 0.391. The summed E-state index contributed by atoms with van der Waals surface area (Å²) in [4.78, 5) is 29.0. The van der Waals surface area contributed by atoms with E-state index in [0.717, 1.165) is 36.8 Å². The number of carbonyl (C=O) groups excluding carboxylic acids is 2. The first kappa shape index (κ1) is 25.6. The number of nitrogens with one attached hydrogen (secondary N) is 1. The highest BCUT2D eigenvalue weighted by Crippen LogP contribution is 2.21. The molecular weight excluding hydrogens is 451 g/mol. The number of hydrogen-bond acceptors (Lipinski definition) is 2. The van der Waals surface area contributed by atoms with Gasteiger partial charge in [0.2, 0.25) is 11.8 Å². The Balaban J connectivity index is 1.61. The predicted molar refractivity (Wildman–Crippen MR) is 141 cm³/mol. The van der Waals surface area contributed by atoms with E-state index in [2.05, 4.69) is 5.32 Å². The lowest BCUT2D eigenvalue weighted by Gasteiger charge is -2.33. The van der Waals surface area contributed by atoms with Gasteiger partial charge < -0.3 is 10.2 Å². The molecule has 0 heterocycles. The van der Waals surface area contributed by atoms with Crippen LogP contribution in [0.2, 0.25) is 0 Å². The molecule has 1 N–H and O–H groups in total. The number of halogens is 1. The van der Waals surface area contributed by atoms with Gasteiger partial charge in [0.15, 0.2) is 0 Å². The summed E-state index contributed by atoms with van der Waals surface area (Å²) in [6.45, 7) is 0.0515. The standard InChI is InChI=1S/C31H35FN2O2/c32-28-19-11-10-16-26(28)23-34(30(35)21-20-24-12-4-1-5-13-24)29(22-25-14-6-2-7-15-25)31(36)33-27-17-8-3-9-18-27/h1-2,4-7,10-16,19,27,29H,3,8-9,17-18,20-23H2,(H,33,36).